The summed E-state index contributed by atoms with van der Waals surface area (Å²) in [6.45, 7) is 1.63. The fourth-order valence-electron chi connectivity index (χ4n) is 4.60. The summed E-state index contributed by atoms with van der Waals surface area (Å²) in [7, 11) is -13.6. The van der Waals surface area contributed by atoms with Crippen molar-refractivity contribution in [1.29, 1.82) is 0 Å². The van der Waals surface area contributed by atoms with E-state index in [0.29, 0.717) is 13.1 Å². The summed E-state index contributed by atoms with van der Waals surface area (Å²) in [4.78, 5) is 63.3. The molecule has 1 saturated heterocycles. The van der Waals surface area contributed by atoms with E-state index in [1.54, 1.807) is 4.90 Å². The summed E-state index contributed by atoms with van der Waals surface area (Å²) in [6.07, 6.45) is -1.92. The predicted molar refractivity (Wildman–Crippen MR) is 141 cm³/mol. The fraction of sp³-hybridized carbons (Fsp3) is 0.500. The van der Waals surface area contributed by atoms with Crippen LogP contribution in [0.3, 0.4) is 0 Å². The van der Waals surface area contributed by atoms with Gasteiger partial charge in [-0.15, -0.1) is 0 Å². The van der Waals surface area contributed by atoms with Crippen LogP contribution in [0.2, 0.25) is 0 Å². The molecule has 2 atom stereocenters. The van der Waals surface area contributed by atoms with E-state index < -0.39 is 35.1 Å². The Bertz CT molecular complexity index is 1090. The molecule has 2 unspecified atom stereocenters. The zero-order chi connectivity index (χ0) is 28.5. The van der Waals surface area contributed by atoms with E-state index in [-0.39, 0.29) is 68.9 Å². The normalized spacial score (nSPS) is 19.6. The van der Waals surface area contributed by atoms with Crippen LogP contribution in [-0.2, 0) is 43.9 Å². The van der Waals surface area contributed by atoms with Crippen molar-refractivity contribution in [1.82, 2.24) is 19.6 Å². The quantitative estimate of drug-likeness (QED) is 0.230. The monoisotopic (exact) mass is 656 g/mol. The molecular formula is C24H35FeN4O8P3-. The van der Waals surface area contributed by atoms with Crippen LogP contribution < -0.4 is 19.6 Å². The molecule has 0 saturated carbocycles. The molecule has 223 valence electrons. The van der Waals surface area contributed by atoms with E-state index in [1.165, 1.54) is 9.80 Å². The van der Waals surface area contributed by atoms with Gasteiger partial charge in [-0.1, -0.05) is 68.3 Å². The van der Waals surface area contributed by atoms with Crippen molar-refractivity contribution in [3.63, 3.8) is 0 Å². The van der Waals surface area contributed by atoms with Gasteiger partial charge in [-0.2, -0.15) is 0 Å². The van der Waals surface area contributed by atoms with Crippen LogP contribution >= 0.6 is 22.6 Å². The van der Waals surface area contributed by atoms with Crippen molar-refractivity contribution < 1.29 is 55.2 Å². The van der Waals surface area contributed by atoms with E-state index >= 15 is 0 Å². The summed E-state index contributed by atoms with van der Waals surface area (Å²) in [6, 6.07) is 19.1. The topological polar surface area (TPSA) is 177 Å². The maximum Gasteiger partial charge on any atom is 3.00 e. The molecule has 16 heteroatoms. The van der Waals surface area contributed by atoms with Gasteiger partial charge in [-0.05, 0) is 11.1 Å². The van der Waals surface area contributed by atoms with Crippen molar-refractivity contribution >= 4 is 22.6 Å². The Morgan fingerprint density at radius 1 is 0.650 bits per heavy atom. The van der Waals surface area contributed by atoms with Crippen LogP contribution in [0.1, 0.15) is 11.1 Å². The van der Waals surface area contributed by atoms with E-state index in [2.05, 4.69) is 0 Å². The average molecular weight is 656 g/mol. The van der Waals surface area contributed by atoms with E-state index in [1.807, 2.05) is 65.6 Å². The van der Waals surface area contributed by atoms with Crippen LogP contribution in [-0.4, -0.2) is 88.9 Å². The second-order valence-corrected chi connectivity index (χ2v) is 15.2. The summed E-state index contributed by atoms with van der Waals surface area (Å²) in [5, 5.41) is 0. The first-order valence-electron chi connectivity index (χ1n) is 12.6. The van der Waals surface area contributed by atoms with E-state index in [0.717, 1.165) is 11.1 Å². The van der Waals surface area contributed by atoms with Gasteiger partial charge in [0.25, 0.3) is 0 Å². The Morgan fingerprint density at radius 2 is 1.02 bits per heavy atom. The fourth-order valence-corrected chi connectivity index (χ4v) is 7.95. The van der Waals surface area contributed by atoms with Gasteiger partial charge in [0.1, 0.15) is 7.60 Å². The molecule has 2 aromatic carbocycles. The Labute approximate surface area is 246 Å². The summed E-state index contributed by atoms with van der Waals surface area (Å²) >= 11 is 0. The van der Waals surface area contributed by atoms with E-state index in [4.69, 9.17) is 0 Å². The number of rotatable bonds is 12. The third kappa shape index (κ3) is 14.5. The maximum absolute atomic E-state index is 13.4. The van der Waals surface area contributed by atoms with Crippen molar-refractivity contribution in [3.8, 4) is 0 Å². The van der Waals surface area contributed by atoms with Gasteiger partial charge in [0.15, 0.2) is 0 Å². The first-order valence-corrected chi connectivity index (χ1v) is 18.1. The van der Waals surface area contributed by atoms with Crippen LogP contribution in [0, 0.1) is 0 Å². The first kappa shape index (κ1) is 35.5. The minimum Gasteiger partial charge on any atom is -0.810 e. The van der Waals surface area contributed by atoms with Gasteiger partial charge in [0.05, 0.1) is 6.29 Å². The third-order valence-electron chi connectivity index (χ3n) is 6.28. The molecule has 12 nitrogen and oxygen atoms in total. The molecule has 40 heavy (non-hydrogen) atoms. The molecular weight excluding hydrogens is 621 g/mol. The van der Waals surface area contributed by atoms with Crippen LogP contribution in [0.5, 0.6) is 0 Å². The zero-order valence-corrected chi connectivity index (χ0v) is 25.8. The third-order valence-corrected chi connectivity index (χ3v) is 9.44. The predicted octanol–water partition coefficient (Wildman–Crippen LogP) is -0.466. The molecule has 0 amide bonds. The Kier molecular flexibility index (Phi) is 14.4. The standard InChI is InChI=1S/C24H39N4O8P3.Fe/c29-37(30,20-28(17-23-7-3-1-4-8-23)18-24-9-5-2-6-10-24)19-25-11-13-26(21-38(31,32)33)15-16-27(14-12-25)22-39(34,35)36;/h1-10H,11-22H2,(H,29,30)(H2,31,32,33)(H2,34,35,36);/q;+3/p-4. The van der Waals surface area contributed by atoms with Crippen molar-refractivity contribution in [3.05, 3.63) is 71.8 Å². The molecule has 0 aromatic heterocycles. The van der Waals surface area contributed by atoms with Crippen LogP contribution in [0.15, 0.2) is 60.7 Å². The molecule has 0 spiro atoms. The van der Waals surface area contributed by atoms with Gasteiger partial charge < -0.3 is 38.2 Å². The van der Waals surface area contributed by atoms with Gasteiger partial charge in [0, 0.05) is 78.6 Å². The Morgan fingerprint density at radius 3 is 1.40 bits per heavy atom. The summed E-state index contributed by atoms with van der Waals surface area (Å²) < 4.78 is 36.3. The largest absolute Gasteiger partial charge is 3.00 e. The first-order chi connectivity index (χ1) is 18.3. The zero-order valence-electron chi connectivity index (χ0n) is 22.0. The second kappa shape index (κ2) is 16.2. The number of benzene rings is 2. The molecule has 1 radical (unpaired) electrons. The molecule has 0 aliphatic carbocycles. The van der Waals surface area contributed by atoms with Gasteiger partial charge in [-0.25, -0.2) is 0 Å². The summed E-state index contributed by atoms with van der Waals surface area (Å²) in [5.41, 5.74) is 1.93. The summed E-state index contributed by atoms with van der Waals surface area (Å²) in [5.74, 6) is 0. The van der Waals surface area contributed by atoms with Gasteiger partial charge in [-0.3, -0.25) is 19.6 Å². The number of hydrogen-bond acceptors (Lipinski definition) is 11. The van der Waals surface area contributed by atoms with Crippen LogP contribution in [0.4, 0.5) is 0 Å². The minimum atomic E-state index is -4.89. The number of hydrogen-bond donors (Lipinski definition) is 1. The van der Waals surface area contributed by atoms with Crippen LogP contribution in [0.25, 0.3) is 0 Å². The molecule has 1 fully saturated rings. The smallest absolute Gasteiger partial charge is 0.810 e. The number of nitrogens with zero attached hydrogens (tertiary/aromatic N) is 4. The molecule has 1 aliphatic heterocycles. The van der Waals surface area contributed by atoms with Crippen molar-refractivity contribution in [2.75, 3.05) is 64.4 Å². The molecule has 1 heterocycles. The molecule has 1 aliphatic rings. The minimum absolute atomic E-state index is 0. The van der Waals surface area contributed by atoms with Gasteiger partial charge in [0.2, 0.25) is 0 Å². The molecule has 0 bridgehead atoms. The van der Waals surface area contributed by atoms with Crippen molar-refractivity contribution in [2.24, 2.45) is 0 Å². The SMILES string of the molecule is O=P([O-])([O-])CN1CCN(CP(=O)([O-])O)CCN(CP(=O)([O-])CN(Cc2ccccc2)Cc2ccccc2)CC1.[Fe+3]. The second-order valence-electron chi connectivity index (χ2n) is 9.94. The average Bonchev–Trinajstić information content (AvgIpc) is 2.90. The molecule has 3 rings (SSSR count). The Hall–Kier alpha value is -0.711. The molecule has 1 N–H and O–H groups in total. The maximum atomic E-state index is 13.4. The van der Waals surface area contributed by atoms with Crippen molar-refractivity contribution in [2.45, 2.75) is 13.1 Å². The Balaban J connectivity index is 0.00000560. The molecule has 2 aromatic rings. The van der Waals surface area contributed by atoms with Gasteiger partial charge >= 0.3 is 17.1 Å². The van der Waals surface area contributed by atoms with E-state index in [9.17, 15) is 38.2 Å².